The van der Waals surface area contributed by atoms with Gasteiger partial charge in [-0.05, 0) is 23.8 Å². The summed E-state index contributed by atoms with van der Waals surface area (Å²) in [7, 11) is 0. The van der Waals surface area contributed by atoms with E-state index >= 15 is 0 Å². The molecule has 0 bridgehead atoms. The highest BCUT2D eigenvalue weighted by molar-refractivity contribution is 7.99. The molecule has 0 fully saturated rings. The number of fused-ring (bicyclic) bond motifs is 1. The number of thioether (sulfide) groups is 1. The number of aromatic hydroxyl groups is 1. The summed E-state index contributed by atoms with van der Waals surface area (Å²) in [6.07, 6.45) is 1.99. The summed E-state index contributed by atoms with van der Waals surface area (Å²) in [5, 5.41) is 12.8. The Balaban J connectivity index is 2.87. The van der Waals surface area contributed by atoms with E-state index in [1.54, 1.807) is 29.2 Å². The molecule has 1 aromatic carbocycles. The van der Waals surface area contributed by atoms with Crippen LogP contribution in [0.25, 0.3) is 10.1 Å². The Labute approximate surface area is 90.2 Å². The molecule has 1 nitrogen and oxygen atoms in total. The number of benzene rings is 1. The van der Waals surface area contributed by atoms with Crippen LogP contribution in [-0.4, -0.2) is 11.4 Å². The maximum Gasteiger partial charge on any atom is 0.131 e. The Kier molecular flexibility index (Phi) is 2.45. The Morgan fingerprint density at radius 2 is 2.31 bits per heavy atom. The predicted molar refractivity (Wildman–Crippen MR) is 62.5 cm³/mol. The molecule has 13 heavy (non-hydrogen) atoms. The zero-order chi connectivity index (χ0) is 9.42. The summed E-state index contributed by atoms with van der Waals surface area (Å²) in [4.78, 5) is 1.73. The van der Waals surface area contributed by atoms with Gasteiger partial charge in [-0.1, -0.05) is 0 Å². The second-order valence-electron chi connectivity index (χ2n) is 2.61. The van der Waals surface area contributed by atoms with Crippen LogP contribution in [0, 0.1) is 0 Å². The molecule has 0 saturated heterocycles. The first-order valence-electron chi connectivity index (χ1n) is 3.70. The summed E-state index contributed by atoms with van der Waals surface area (Å²) in [5.74, 6) is 0.266. The van der Waals surface area contributed by atoms with E-state index in [2.05, 4.69) is 18.7 Å². The molecule has 0 aliphatic heterocycles. The molecule has 0 unspecified atom stereocenters. The molecule has 0 amide bonds. The van der Waals surface area contributed by atoms with E-state index in [-0.39, 0.29) is 5.75 Å². The Bertz CT molecular complexity index is 447. The number of phenolic OH excluding ortho intramolecular Hbond substituents is 1. The van der Waals surface area contributed by atoms with E-state index < -0.39 is 0 Å². The van der Waals surface area contributed by atoms with Crippen LogP contribution in [-0.2, 0) is 0 Å². The molecule has 4 heteroatoms. The van der Waals surface area contributed by atoms with Gasteiger partial charge >= 0.3 is 0 Å². The third-order valence-electron chi connectivity index (χ3n) is 1.87. The van der Waals surface area contributed by atoms with Gasteiger partial charge in [0, 0.05) is 15.0 Å². The molecule has 68 valence electrons. The van der Waals surface area contributed by atoms with Gasteiger partial charge < -0.3 is 5.11 Å². The highest BCUT2D eigenvalue weighted by Gasteiger charge is 2.09. The van der Waals surface area contributed by atoms with E-state index in [4.69, 9.17) is 0 Å². The van der Waals surface area contributed by atoms with Crippen molar-refractivity contribution in [3.63, 3.8) is 0 Å². The normalized spacial score (nSPS) is 10.9. The average molecular weight is 228 g/mol. The molecule has 0 radical (unpaired) electrons. The second-order valence-corrected chi connectivity index (χ2v) is 4.82. The predicted octanol–water partition coefficient (Wildman–Crippen LogP) is 3.62. The smallest absolute Gasteiger partial charge is 0.131 e. The van der Waals surface area contributed by atoms with E-state index in [1.165, 1.54) is 5.39 Å². The number of thiophene rings is 1. The van der Waals surface area contributed by atoms with Crippen LogP contribution in [0.2, 0.25) is 0 Å². The van der Waals surface area contributed by atoms with Crippen molar-refractivity contribution < 1.29 is 5.11 Å². The monoisotopic (exact) mass is 228 g/mol. The first-order valence-corrected chi connectivity index (χ1v) is 6.25. The lowest BCUT2D eigenvalue weighted by Gasteiger charge is -2.05. The van der Waals surface area contributed by atoms with Crippen LogP contribution in [0.3, 0.4) is 0 Å². The molecule has 0 atom stereocenters. The molecule has 1 heterocycles. The Morgan fingerprint density at radius 1 is 1.54 bits per heavy atom. The lowest BCUT2D eigenvalue weighted by Crippen LogP contribution is -1.77. The number of hydrogen-bond acceptors (Lipinski definition) is 4. The summed E-state index contributed by atoms with van der Waals surface area (Å²) in [6, 6.07) is 3.83. The van der Waals surface area contributed by atoms with Crippen molar-refractivity contribution in [2.45, 2.75) is 9.79 Å². The molecular weight excluding hydrogens is 220 g/mol. The fraction of sp³-hybridized carbons (Fsp3) is 0.111. The molecular formula is C9H8OS3. The van der Waals surface area contributed by atoms with Crippen molar-refractivity contribution in [1.29, 1.82) is 0 Å². The van der Waals surface area contributed by atoms with Crippen molar-refractivity contribution in [3.8, 4) is 5.75 Å². The molecule has 2 rings (SSSR count). The maximum absolute atomic E-state index is 9.56. The largest absolute Gasteiger partial charge is 0.507 e. The number of phenols is 1. The van der Waals surface area contributed by atoms with Gasteiger partial charge in [0.2, 0.25) is 0 Å². The van der Waals surface area contributed by atoms with Crippen LogP contribution in [0.1, 0.15) is 0 Å². The SMILES string of the molecule is CSc1c(S)c(O)cc2sccc12. The van der Waals surface area contributed by atoms with Crippen molar-refractivity contribution in [2.75, 3.05) is 6.26 Å². The minimum Gasteiger partial charge on any atom is -0.507 e. The van der Waals surface area contributed by atoms with Crippen LogP contribution in [0.5, 0.6) is 5.75 Å². The van der Waals surface area contributed by atoms with E-state index in [1.807, 2.05) is 11.6 Å². The lowest BCUT2D eigenvalue weighted by atomic mass is 10.2. The van der Waals surface area contributed by atoms with Crippen LogP contribution in [0.15, 0.2) is 27.3 Å². The van der Waals surface area contributed by atoms with Crippen molar-refractivity contribution in [1.82, 2.24) is 0 Å². The summed E-state index contributed by atoms with van der Waals surface area (Å²) < 4.78 is 1.11. The van der Waals surface area contributed by atoms with E-state index in [0.717, 1.165) is 9.60 Å². The first kappa shape index (κ1) is 9.24. The third kappa shape index (κ3) is 1.43. The fourth-order valence-electron chi connectivity index (χ4n) is 1.26. The van der Waals surface area contributed by atoms with Gasteiger partial charge in [-0.25, -0.2) is 0 Å². The highest BCUT2D eigenvalue weighted by atomic mass is 32.2. The van der Waals surface area contributed by atoms with Crippen LogP contribution < -0.4 is 0 Å². The quantitative estimate of drug-likeness (QED) is 0.574. The highest BCUT2D eigenvalue weighted by Crippen LogP contribution is 2.40. The van der Waals surface area contributed by atoms with Gasteiger partial charge in [-0.3, -0.25) is 0 Å². The minimum atomic E-state index is 0.266. The summed E-state index contributed by atoms with van der Waals surface area (Å²) in [5.41, 5.74) is 0. The van der Waals surface area contributed by atoms with Crippen LogP contribution in [0.4, 0.5) is 0 Å². The topological polar surface area (TPSA) is 20.2 Å². The number of rotatable bonds is 1. The summed E-state index contributed by atoms with van der Waals surface area (Å²) in [6.45, 7) is 0. The van der Waals surface area contributed by atoms with Gasteiger partial charge in [-0.15, -0.1) is 35.7 Å². The average Bonchev–Trinajstić information content (AvgIpc) is 2.54. The summed E-state index contributed by atoms with van der Waals surface area (Å²) >= 11 is 7.52. The first-order chi connectivity index (χ1) is 6.24. The van der Waals surface area contributed by atoms with Crippen molar-refractivity contribution in [3.05, 3.63) is 17.5 Å². The molecule has 0 aliphatic carbocycles. The molecule has 0 saturated carbocycles. The zero-order valence-corrected chi connectivity index (χ0v) is 9.47. The second kappa shape index (κ2) is 3.44. The van der Waals surface area contributed by atoms with E-state index in [9.17, 15) is 5.11 Å². The van der Waals surface area contributed by atoms with Crippen molar-refractivity contribution in [2.24, 2.45) is 0 Å². The number of thiol groups is 1. The molecule has 0 aliphatic rings. The van der Waals surface area contributed by atoms with Gasteiger partial charge in [0.05, 0.1) is 4.90 Å². The van der Waals surface area contributed by atoms with Crippen LogP contribution >= 0.6 is 35.7 Å². The standard InChI is InChI=1S/C9H8OS3/c1-12-9-5-2-3-13-7(5)4-6(10)8(9)11/h2-4,10-11H,1H3. The maximum atomic E-state index is 9.56. The molecule has 2 aromatic rings. The molecule has 0 spiro atoms. The molecule has 1 N–H and O–H groups in total. The third-order valence-corrected chi connectivity index (χ3v) is 4.17. The lowest BCUT2D eigenvalue weighted by molar-refractivity contribution is 0.461. The van der Waals surface area contributed by atoms with Gasteiger partial charge in [0.15, 0.2) is 0 Å². The Morgan fingerprint density at radius 3 is 3.00 bits per heavy atom. The van der Waals surface area contributed by atoms with E-state index in [0.29, 0.717) is 4.90 Å². The fourth-order valence-corrected chi connectivity index (χ4v) is 3.31. The number of hydrogen-bond donors (Lipinski definition) is 2. The Hall–Kier alpha value is -0.320. The molecule has 1 aromatic heterocycles. The van der Waals surface area contributed by atoms with Gasteiger partial charge in [0.25, 0.3) is 0 Å². The zero-order valence-electron chi connectivity index (χ0n) is 6.94. The minimum absolute atomic E-state index is 0.266. The van der Waals surface area contributed by atoms with Crippen molar-refractivity contribution >= 4 is 45.8 Å². The van der Waals surface area contributed by atoms with Gasteiger partial charge in [-0.2, -0.15) is 0 Å². The van der Waals surface area contributed by atoms with Gasteiger partial charge in [0.1, 0.15) is 5.75 Å².